The number of unbranched alkanes of at least 4 members (excludes halogenated alkanes) is 2. The number of fused-ring (bicyclic) bond motifs is 1. The number of carbonyl (C=O) groups is 3. The molecular weight excluding hydrogens is 510 g/mol. The standard InChI is InChI=1S/C31H47N3O4S/c1-28(2,3)20-29(4,5)33-26(37)24-31-16-15-30(6,39-31)22(25(36)32-19-21-13-9-7-10-14-21)23(31)27(38)34(24)17-11-8-12-18-35/h7,9-10,13-14,22-24,35H,8,11-12,15-20H2,1-6H3,(H,32,36)(H,33,37)/t22-,23+,24?,30+,31?/m1/s1. The van der Waals surface area contributed by atoms with Crippen molar-refractivity contribution >= 4 is 29.5 Å². The second-order valence-corrected chi connectivity index (χ2v) is 15.8. The number of nitrogens with zero attached hydrogens (tertiary/aromatic N) is 1. The molecule has 8 heteroatoms. The van der Waals surface area contributed by atoms with Crippen LogP contribution >= 0.6 is 11.8 Å². The van der Waals surface area contributed by atoms with E-state index in [-0.39, 0.29) is 34.5 Å². The molecule has 0 radical (unpaired) electrons. The molecule has 7 nitrogen and oxygen atoms in total. The zero-order valence-electron chi connectivity index (χ0n) is 24.5. The molecule has 2 bridgehead atoms. The number of amides is 3. The highest BCUT2D eigenvalue weighted by Crippen LogP contribution is 2.71. The van der Waals surface area contributed by atoms with Crippen molar-refractivity contribution in [2.45, 2.75) is 108 Å². The van der Waals surface area contributed by atoms with E-state index in [0.29, 0.717) is 19.5 Å². The topological polar surface area (TPSA) is 98.7 Å². The molecule has 5 atom stereocenters. The van der Waals surface area contributed by atoms with Gasteiger partial charge in [0, 0.05) is 30.0 Å². The summed E-state index contributed by atoms with van der Waals surface area (Å²) in [5.74, 6) is -1.26. The maximum Gasteiger partial charge on any atom is 0.244 e. The van der Waals surface area contributed by atoms with Crippen LogP contribution in [0.25, 0.3) is 0 Å². The molecule has 3 aliphatic heterocycles. The number of rotatable bonds is 11. The van der Waals surface area contributed by atoms with Gasteiger partial charge in [0.25, 0.3) is 0 Å². The van der Waals surface area contributed by atoms with Crippen LogP contribution in [-0.2, 0) is 20.9 Å². The van der Waals surface area contributed by atoms with E-state index in [4.69, 9.17) is 0 Å². The maximum atomic E-state index is 14.2. The Balaban J connectivity index is 1.62. The minimum absolute atomic E-state index is 0.0308. The summed E-state index contributed by atoms with van der Waals surface area (Å²) >= 11 is 1.71. The van der Waals surface area contributed by atoms with Gasteiger partial charge in [0.05, 0.1) is 16.6 Å². The average Bonchev–Trinajstić information content (AvgIpc) is 3.40. The van der Waals surface area contributed by atoms with Gasteiger partial charge in [-0.15, -0.1) is 11.8 Å². The highest BCUT2D eigenvalue weighted by atomic mass is 32.2. The molecule has 3 saturated heterocycles. The van der Waals surface area contributed by atoms with Gasteiger partial charge >= 0.3 is 0 Å². The molecule has 0 aliphatic carbocycles. The van der Waals surface area contributed by atoms with Gasteiger partial charge in [-0.2, -0.15) is 0 Å². The first-order chi connectivity index (χ1) is 18.2. The number of nitrogens with one attached hydrogen (secondary N) is 2. The summed E-state index contributed by atoms with van der Waals surface area (Å²) in [5.41, 5.74) is 0.610. The zero-order valence-corrected chi connectivity index (χ0v) is 25.3. The smallest absolute Gasteiger partial charge is 0.244 e. The third-order valence-corrected chi connectivity index (χ3v) is 10.6. The van der Waals surface area contributed by atoms with E-state index in [2.05, 4.69) is 38.3 Å². The molecule has 0 saturated carbocycles. The highest BCUT2D eigenvalue weighted by molar-refractivity contribution is 8.02. The van der Waals surface area contributed by atoms with Crippen LogP contribution < -0.4 is 10.6 Å². The first-order valence-electron chi connectivity index (χ1n) is 14.5. The Kier molecular flexibility index (Phi) is 8.49. The predicted octanol–water partition coefficient (Wildman–Crippen LogP) is 4.28. The molecule has 2 unspecified atom stereocenters. The van der Waals surface area contributed by atoms with E-state index in [0.717, 1.165) is 37.7 Å². The van der Waals surface area contributed by atoms with Crippen molar-refractivity contribution < 1.29 is 19.5 Å². The van der Waals surface area contributed by atoms with Crippen LogP contribution in [0, 0.1) is 17.3 Å². The monoisotopic (exact) mass is 557 g/mol. The summed E-state index contributed by atoms with van der Waals surface area (Å²) in [4.78, 5) is 43.8. The van der Waals surface area contributed by atoms with E-state index >= 15 is 0 Å². The van der Waals surface area contributed by atoms with Gasteiger partial charge < -0.3 is 20.6 Å². The van der Waals surface area contributed by atoms with Crippen LogP contribution in [0.2, 0.25) is 0 Å². The highest BCUT2D eigenvalue weighted by Gasteiger charge is 2.77. The lowest BCUT2D eigenvalue weighted by Gasteiger charge is -2.38. The lowest BCUT2D eigenvalue weighted by molar-refractivity contribution is -0.141. The number of aliphatic hydroxyl groups is 1. The quantitative estimate of drug-likeness (QED) is 0.353. The number of hydrogen-bond acceptors (Lipinski definition) is 5. The minimum Gasteiger partial charge on any atom is -0.396 e. The Morgan fingerprint density at radius 1 is 1.05 bits per heavy atom. The van der Waals surface area contributed by atoms with Crippen LogP contribution in [0.4, 0.5) is 0 Å². The molecule has 3 heterocycles. The average molecular weight is 558 g/mol. The van der Waals surface area contributed by atoms with Gasteiger partial charge in [-0.25, -0.2) is 0 Å². The Morgan fingerprint density at radius 2 is 1.74 bits per heavy atom. The van der Waals surface area contributed by atoms with Crippen molar-refractivity contribution in [2.75, 3.05) is 13.2 Å². The second kappa shape index (κ2) is 11.1. The number of thioether (sulfide) groups is 1. The second-order valence-electron chi connectivity index (χ2n) is 13.9. The molecule has 39 heavy (non-hydrogen) atoms. The Bertz CT molecular complexity index is 1070. The van der Waals surface area contributed by atoms with Crippen LogP contribution in [0.15, 0.2) is 30.3 Å². The Morgan fingerprint density at radius 3 is 2.38 bits per heavy atom. The fourth-order valence-electron chi connectivity index (χ4n) is 7.61. The normalized spacial score (nSPS) is 30.0. The molecule has 216 valence electrons. The molecule has 4 rings (SSSR count). The number of hydrogen-bond donors (Lipinski definition) is 3. The fraction of sp³-hybridized carbons (Fsp3) is 0.710. The first kappa shape index (κ1) is 29.9. The van der Waals surface area contributed by atoms with Crippen LogP contribution in [0.3, 0.4) is 0 Å². The van der Waals surface area contributed by atoms with E-state index in [1.165, 1.54) is 0 Å². The van der Waals surface area contributed by atoms with Gasteiger partial charge in [-0.3, -0.25) is 14.4 Å². The summed E-state index contributed by atoms with van der Waals surface area (Å²) < 4.78 is -0.997. The summed E-state index contributed by atoms with van der Waals surface area (Å²) in [6, 6.07) is 9.20. The molecule has 3 N–H and O–H groups in total. The van der Waals surface area contributed by atoms with Gasteiger partial charge in [-0.1, -0.05) is 51.1 Å². The fourth-order valence-corrected chi connectivity index (χ4v) is 9.96. The van der Waals surface area contributed by atoms with E-state index in [9.17, 15) is 19.5 Å². The van der Waals surface area contributed by atoms with Gasteiger partial charge in [-0.05, 0) is 70.3 Å². The van der Waals surface area contributed by atoms with Gasteiger partial charge in [0.2, 0.25) is 17.7 Å². The number of aliphatic hydroxyl groups excluding tert-OH is 1. The first-order valence-corrected chi connectivity index (χ1v) is 15.3. The SMILES string of the molecule is CC(C)(C)CC(C)(C)NC(=O)C1N(CCCCCO)C(=O)[C@@H]2[C@H](C(=O)NCc3ccccc3)[C@]3(C)CCC12S3. The lowest BCUT2D eigenvalue weighted by atomic mass is 9.66. The summed E-state index contributed by atoms with van der Waals surface area (Å²) in [6.45, 7) is 13.7. The molecule has 1 spiro atoms. The van der Waals surface area contributed by atoms with Crippen molar-refractivity contribution in [1.29, 1.82) is 0 Å². The van der Waals surface area contributed by atoms with Gasteiger partial charge in [0.15, 0.2) is 0 Å². The number of benzene rings is 1. The van der Waals surface area contributed by atoms with Crippen LogP contribution in [-0.4, -0.2) is 62.0 Å². The van der Waals surface area contributed by atoms with Crippen molar-refractivity contribution in [3.8, 4) is 0 Å². The van der Waals surface area contributed by atoms with Crippen LogP contribution in [0.5, 0.6) is 0 Å². The molecule has 3 fully saturated rings. The molecule has 0 aromatic heterocycles. The molecule has 1 aromatic carbocycles. The third-order valence-electron chi connectivity index (χ3n) is 8.61. The van der Waals surface area contributed by atoms with E-state index in [1.54, 1.807) is 16.7 Å². The summed E-state index contributed by atoms with van der Waals surface area (Å²) in [6.07, 6.45) is 4.53. The largest absolute Gasteiger partial charge is 0.396 e. The van der Waals surface area contributed by atoms with Crippen LogP contribution in [0.1, 0.15) is 85.6 Å². The van der Waals surface area contributed by atoms with Crippen molar-refractivity contribution in [3.63, 3.8) is 0 Å². The third kappa shape index (κ3) is 6.02. The Hall–Kier alpha value is -2.06. The number of carbonyl (C=O) groups excluding carboxylic acids is 3. The van der Waals surface area contributed by atoms with Crippen molar-refractivity contribution in [3.05, 3.63) is 35.9 Å². The van der Waals surface area contributed by atoms with E-state index < -0.39 is 28.2 Å². The Labute approximate surface area is 238 Å². The summed E-state index contributed by atoms with van der Waals surface area (Å²) in [7, 11) is 0. The molecule has 3 aliphatic rings. The van der Waals surface area contributed by atoms with Crippen molar-refractivity contribution in [1.82, 2.24) is 15.5 Å². The number of likely N-dealkylation sites (tertiary alicyclic amines) is 1. The van der Waals surface area contributed by atoms with E-state index in [1.807, 2.05) is 44.2 Å². The molecule has 1 aromatic rings. The zero-order chi connectivity index (χ0) is 28.6. The predicted molar refractivity (Wildman–Crippen MR) is 156 cm³/mol. The lowest BCUT2D eigenvalue weighted by Crippen LogP contribution is -2.58. The summed E-state index contributed by atoms with van der Waals surface area (Å²) in [5, 5.41) is 15.7. The molecular formula is C31H47N3O4S. The van der Waals surface area contributed by atoms with Gasteiger partial charge in [0.1, 0.15) is 6.04 Å². The molecule has 3 amide bonds. The minimum atomic E-state index is -0.612. The van der Waals surface area contributed by atoms with Crippen molar-refractivity contribution in [2.24, 2.45) is 17.3 Å². The maximum absolute atomic E-state index is 14.2.